The number of nitrogens with zero attached hydrogens (tertiary/aromatic N) is 1. The number of hydrogen-bond acceptors (Lipinski definition) is 2. The molecule has 0 saturated carbocycles. The number of fused-ring (bicyclic) bond motifs is 1. The maximum absolute atomic E-state index is 14.0. The zero-order valence-corrected chi connectivity index (χ0v) is 16.0. The maximum atomic E-state index is 14.0. The van der Waals surface area contributed by atoms with E-state index in [0.717, 1.165) is 17.1 Å². The van der Waals surface area contributed by atoms with Crippen LogP contribution in [-0.2, 0) is 5.41 Å². The Kier molecular flexibility index (Phi) is 5.08. The molecule has 0 N–H and O–H groups in total. The van der Waals surface area contributed by atoms with Gasteiger partial charge in [-0.2, -0.15) is 13.2 Å². The third-order valence-electron chi connectivity index (χ3n) is 4.33. The molecule has 0 radical (unpaired) electrons. The van der Waals surface area contributed by atoms with E-state index < -0.39 is 11.6 Å². The van der Waals surface area contributed by atoms with Gasteiger partial charge in [-0.25, -0.2) is 4.98 Å². The Morgan fingerprint density at radius 3 is 2.38 bits per heavy atom. The summed E-state index contributed by atoms with van der Waals surface area (Å²) in [4.78, 5) is 5.68. The van der Waals surface area contributed by atoms with E-state index in [0.29, 0.717) is 10.5 Å². The average molecular weight is 416 g/mol. The van der Waals surface area contributed by atoms with Crippen LogP contribution in [0.4, 0.5) is 13.2 Å². The van der Waals surface area contributed by atoms with E-state index in [2.05, 4.69) is 11.6 Å². The largest absolute Gasteiger partial charge is 0.398 e. The fraction of sp³-hybridized carbons (Fsp3) is 0.211. The number of alkyl halides is 3. The van der Waals surface area contributed by atoms with Crippen LogP contribution in [-0.4, -0.2) is 11.2 Å². The number of rotatable bonds is 4. The Balaban J connectivity index is 2.02. The van der Waals surface area contributed by atoms with E-state index in [1.807, 2.05) is 12.1 Å². The lowest BCUT2D eigenvalue weighted by Crippen LogP contribution is -2.39. The highest BCUT2D eigenvalue weighted by molar-refractivity contribution is 7.19. The molecule has 7 heteroatoms. The summed E-state index contributed by atoms with van der Waals surface area (Å²) in [7, 11) is 0. The van der Waals surface area contributed by atoms with Crippen LogP contribution in [0.1, 0.15) is 23.8 Å². The topological polar surface area (TPSA) is 12.9 Å². The molecule has 1 nitrogen and oxygen atoms in total. The number of benzene rings is 1. The third-order valence-corrected chi connectivity index (χ3v) is 5.93. The van der Waals surface area contributed by atoms with Gasteiger partial charge in [-0.15, -0.1) is 11.3 Å². The first kappa shape index (κ1) is 19.2. The lowest BCUT2D eigenvalue weighted by molar-refractivity contribution is -0.184. The highest BCUT2D eigenvalue weighted by atomic mass is 35.5. The Morgan fingerprint density at radius 2 is 1.81 bits per heavy atom. The molecule has 0 amide bonds. The molecule has 0 fully saturated rings. The van der Waals surface area contributed by atoms with Crippen molar-refractivity contribution in [3.63, 3.8) is 0 Å². The smallest absolute Gasteiger partial charge is 0.245 e. The molecular formula is C19H14Cl2F3NS. The molecule has 2 heterocycles. The first-order valence-corrected chi connectivity index (χ1v) is 9.23. The first-order valence-electron chi connectivity index (χ1n) is 7.66. The van der Waals surface area contributed by atoms with E-state index in [1.54, 1.807) is 12.3 Å². The second-order valence-electron chi connectivity index (χ2n) is 6.28. The molecule has 2 aromatic heterocycles. The van der Waals surface area contributed by atoms with Crippen molar-refractivity contribution >= 4 is 50.3 Å². The lowest BCUT2D eigenvalue weighted by Gasteiger charge is -2.33. The van der Waals surface area contributed by atoms with Crippen LogP contribution in [0.2, 0.25) is 10.0 Å². The lowest BCUT2D eigenvalue weighted by atomic mass is 9.76. The molecule has 1 aromatic carbocycles. The molecule has 0 aliphatic rings. The fourth-order valence-electron chi connectivity index (χ4n) is 2.80. The molecule has 0 spiro atoms. The van der Waals surface area contributed by atoms with Gasteiger partial charge in [0.2, 0.25) is 0 Å². The first-order chi connectivity index (χ1) is 12.1. The van der Waals surface area contributed by atoms with Crippen LogP contribution in [0.15, 0.2) is 49.2 Å². The van der Waals surface area contributed by atoms with Crippen molar-refractivity contribution in [1.29, 1.82) is 0 Å². The fourth-order valence-corrected chi connectivity index (χ4v) is 4.29. The maximum Gasteiger partial charge on any atom is 0.398 e. The van der Waals surface area contributed by atoms with Gasteiger partial charge in [0.15, 0.2) is 0 Å². The van der Waals surface area contributed by atoms with Gasteiger partial charge < -0.3 is 0 Å². The molecule has 0 aliphatic carbocycles. The second kappa shape index (κ2) is 6.87. The van der Waals surface area contributed by atoms with Crippen molar-refractivity contribution in [2.75, 3.05) is 0 Å². The van der Waals surface area contributed by atoms with Crippen LogP contribution in [0.25, 0.3) is 15.8 Å². The minimum atomic E-state index is -4.50. The quantitative estimate of drug-likeness (QED) is 0.429. The van der Waals surface area contributed by atoms with Crippen LogP contribution in [0, 0.1) is 0 Å². The predicted octanol–water partition coefficient (Wildman–Crippen LogP) is 7.53. The SMILES string of the molecule is C=C(CC(C)(c1cc(Cl)cc(Cl)c1)C(F)(F)F)c1cc2cccnc2s1. The number of thiophene rings is 1. The van der Waals surface area contributed by atoms with E-state index in [1.165, 1.54) is 29.5 Å². The van der Waals surface area contributed by atoms with Crippen molar-refractivity contribution in [3.8, 4) is 0 Å². The monoisotopic (exact) mass is 415 g/mol. The number of pyridine rings is 1. The Hall–Kier alpha value is -1.56. The van der Waals surface area contributed by atoms with Crippen LogP contribution < -0.4 is 0 Å². The number of aromatic nitrogens is 1. The van der Waals surface area contributed by atoms with Gasteiger partial charge in [-0.1, -0.05) is 35.8 Å². The highest BCUT2D eigenvalue weighted by Gasteiger charge is 2.52. The predicted molar refractivity (Wildman–Crippen MR) is 103 cm³/mol. The minimum Gasteiger partial charge on any atom is -0.245 e. The summed E-state index contributed by atoms with van der Waals surface area (Å²) in [6.07, 6.45) is -3.15. The summed E-state index contributed by atoms with van der Waals surface area (Å²) >= 11 is 13.2. The second-order valence-corrected chi connectivity index (χ2v) is 8.18. The molecule has 0 saturated heterocycles. The molecule has 26 heavy (non-hydrogen) atoms. The number of hydrogen-bond donors (Lipinski definition) is 0. The van der Waals surface area contributed by atoms with Gasteiger partial charge in [0.1, 0.15) is 4.83 Å². The molecule has 3 aromatic rings. The molecule has 136 valence electrons. The summed E-state index contributed by atoms with van der Waals surface area (Å²) in [5.41, 5.74) is -1.76. The summed E-state index contributed by atoms with van der Waals surface area (Å²) in [5, 5.41) is 1.22. The summed E-state index contributed by atoms with van der Waals surface area (Å²) in [6, 6.07) is 9.50. The van der Waals surface area contributed by atoms with Crippen molar-refractivity contribution < 1.29 is 13.2 Å². The Morgan fingerprint density at radius 1 is 1.15 bits per heavy atom. The standard InChI is InChI=1S/C19H14Cl2F3NS/c1-11(16-6-12-4-3-5-25-17(12)26-16)10-18(2,19(22,23)24)13-7-14(20)9-15(21)8-13/h3-9H,1,10H2,2H3. The van der Waals surface area contributed by atoms with Crippen LogP contribution in [0.5, 0.6) is 0 Å². The molecule has 0 bridgehead atoms. The zero-order chi connectivity index (χ0) is 19.1. The number of halogens is 5. The Bertz CT molecular complexity index is 927. The number of allylic oxidation sites excluding steroid dienone is 1. The molecule has 3 rings (SSSR count). The molecule has 0 aliphatic heterocycles. The van der Waals surface area contributed by atoms with Gasteiger partial charge in [-0.3, -0.25) is 0 Å². The van der Waals surface area contributed by atoms with E-state index in [9.17, 15) is 13.2 Å². The molecule has 1 unspecified atom stereocenters. The van der Waals surface area contributed by atoms with Crippen LogP contribution >= 0.6 is 34.5 Å². The van der Waals surface area contributed by atoms with Gasteiger partial charge in [0, 0.05) is 26.5 Å². The molecule has 1 atom stereocenters. The minimum absolute atomic E-state index is 0.0166. The molecular weight excluding hydrogens is 402 g/mol. The van der Waals surface area contributed by atoms with Crippen molar-refractivity contribution in [2.24, 2.45) is 0 Å². The van der Waals surface area contributed by atoms with Crippen molar-refractivity contribution in [1.82, 2.24) is 4.98 Å². The van der Waals surface area contributed by atoms with Crippen LogP contribution in [0.3, 0.4) is 0 Å². The van der Waals surface area contributed by atoms with Crippen molar-refractivity contribution in [2.45, 2.75) is 24.9 Å². The highest BCUT2D eigenvalue weighted by Crippen LogP contribution is 2.48. The normalized spacial score (nSPS) is 14.4. The van der Waals surface area contributed by atoms with Gasteiger partial charge in [-0.05, 0) is 54.8 Å². The van der Waals surface area contributed by atoms with Gasteiger partial charge in [0.05, 0.1) is 5.41 Å². The van der Waals surface area contributed by atoms with E-state index in [-0.39, 0.29) is 22.0 Å². The van der Waals surface area contributed by atoms with E-state index in [4.69, 9.17) is 23.2 Å². The third kappa shape index (κ3) is 3.61. The summed E-state index contributed by atoms with van der Waals surface area (Å²) < 4.78 is 42.0. The van der Waals surface area contributed by atoms with E-state index >= 15 is 0 Å². The summed E-state index contributed by atoms with van der Waals surface area (Å²) in [6.45, 7) is 5.05. The Labute approximate surface area is 163 Å². The van der Waals surface area contributed by atoms with Gasteiger partial charge >= 0.3 is 6.18 Å². The summed E-state index contributed by atoms with van der Waals surface area (Å²) in [5.74, 6) is 0. The zero-order valence-electron chi connectivity index (χ0n) is 13.7. The average Bonchev–Trinajstić information content (AvgIpc) is 2.97. The van der Waals surface area contributed by atoms with Gasteiger partial charge in [0.25, 0.3) is 0 Å². The van der Waals surface area contributed by atoms with Crippen molar-refractivity contribution in [3.05, 3.63) is 69.7 Å².